The summed E-state index contributed by atoms with van der Waals surface area (Å²) in [5, 5.41) is 0. The molecule has 1 heterocycles. The predicted octanol–water partition coefficient (Wildman–Crippen LogP) is 1.18. The van der Waals surface area contributed by atoms with Crippen molar-refractivity contribution < 1.29 is 14.3 Å². The van der Waals surface area contributed by atoms with Crippen LogP contribution in [0.4, 0.5) is 0 Å². The van der Waals surface area contributed by atoms with E-state index in [2.05, 4.69) is 13.5 Å². The third kappa shape index (κ3) is 2.96. The normalized spacial score (nSPS) is 27.8. The van der Waals surface area contributed by atoms with Crippen LogP contribution in [0.2, 0.25) is 6.04 Å². The van der Waals surface area contributed by atoms with Crippen LogP contribution < -0.4 is 0 Å². The Balaban J connectivity index is 2.59. The Morgan fingerprint density at radius 3 is 3.00 bits per heavy atom. The Kier molecular flexibility index (Phi) is 4.35. The minimum atomic E-state index is -0.529. The molecule has 0 bridgehead atoms. The molecule has 4 heteroatoms. The van der Waals surface area contributed by atoms with E-state index < -0.39 is 14.9 Å². The summed E-state index contributed by atoms with van der Waals surface area (Å²) in [5.41, 5.74) is -0.529. The van der Waals surface area contributed by atoms with Crippen LogP contribution in [-0.4, -0.2) is 27.5 Å². The van der Waals surface area contributed by atoms with Crippen LogP contribution in [0.3, 0.4) is 0 Å². The number of esters is 1. The first-order valence-corrected chi connectivity index (χ1v) is 6.92. The second-order valence-corrected chi connectivity index (χ2v) is 6.17. The van der Waals surface area contributed by atoms with E-state index in [1.165, 1.54) is 6.08 Å². The molecule has 0 aliphatic carbocycles. The molecule has 0 spiro atoms. The maximum Gasteiger partial charge on any atom is 0.332 e. The second kappa shape index (κ2) is 5.31. The molecule has 1 atom stereocenters. The van der Waals surface area contributed by atoms with E-state index in [1.807, 2.05) is 0 Å². The molecule has 1 aliphatic rings. The molecule has 0 aromatic rings. The number of hydrogen-bond acceptors (Lipinski definition) is 3. The topological polar surface area (TPSA) is 35.5 Å². The first-order chi connectivity index (χ1) is 6.72. The molecule has 0 N–H and O–H groups in total. The van der Waals surface area contributed by atoms with Crippen LogP contribution in [0.15, 0.2) is 12.7 Å². The van der Waals surface area contributed by atoms with Crippen LogP contribution >= 0.6 is 0 Å². The molecule has 1 unspecified atom stereocenters. The van der Waals surface area contributed by atoms with Crippen LogP contribution in [0.1, 0.15) is 26.2 Å². The minimum Gasteiger partial charge on any atom is -0.435 e. The molecule has 1 saturated heterocycles. The molecule has 80 valence electrons. The second-order valence-electron chi connectivity index (χ2n) is 3.59. The maximum absolute atomic E-state index is 11.2. The van der Waals surface area contributed by atoms with Crippen molar-refractivity contribution in [1.82, 2.24) is 0 Å². The Morgan fingerprint density at radius 1 is 1.71 bits per heavy atom. The lowest BCUT2D eigenvalue weighted by Crippen LogP contribution is -2.45. The Labute approximate surface area is 87.3 Å². The molecular formula is C10H18O3Si. The lowest BCUT2D eigenvalue weighted by molar-refractivity contribution is -0.202. The van der Waals surface area contributed by atoms with Crippen LogP contribution in [0, 0.1) is 0 Å². The number of rotatable bonds is 4. The number of carbonyl (C=O) groups excluding carboxylic acids is 1. The summed E-state index contributed by atoms with van der Waals surface area (Å²) in [6.45, 7) is 6.24. The smallest absolute Gasteiger partial charge is 0.332 e. The van der Waals surface area contributed by atoms with E-state index in [1.54, 1.807) is 0 Å². The van der Waals surface area contributed by atoms with Crippen molar-refractivity contribution in [2.24, 2.45) is 0 Å². The summed E-state index contributed by atoms with van der Waals surface area (Å²) < 4.78 is 11.0. The SMILES string of the molecule is C=CC(=O)OC1([SiH2]CC)CCCCO1. The summed E-state index contributed by atoms with van der Waals surface area (Å²) in [7, 11) is -0.496. The van der Waals surface area contributed by atoms with E-state index in [4.69, 9.17) is 9.47 Å². The third-order valence-corrected chi connectivity index (χ3v) is 4.37. The summed E-state index contributed by atoms with van der Waals surface area (Å²) in [6.07, 6.45) is 4.25. The average molecular weight is 214 g/mol. The lowest BCUT2D eigenvalue weighted by Gasteiger charge is -2.36. The fourth-order valence-electron chi connectivity index (χ4n) is 1.76. The molecule has 14 heavy (non-hydrogen) atoms. The van der Waals surface area contributed by atoms with E-state index in [9.17, 15) is 4.79 Å². The summed E-state index contributed by atoms with van der Waals surface area (Å²) in [5.74, 6) is -0.354. The minimum absolute atomic E-state index is 0.354. The van der Waals surface area contributed by atoms with Crippen molar-refractivity contribution in [3.63, 3.8) is 0 Å². The molecule has 3 nitrogen and oxygen atoms in total. The van der Waals surface area contributed by atoms with Gasteiger partial charge in [-0.25, -0.2) is 4.79 Å². The van der Waals surface area contributed by atoms with Crippen LogP contribution in [0.25, 0.3) is 0 Å². The average Bonchev–Trinajstić information content (AvgIpc) is 2.19. The highest BCUT2D eigenvalue weighted by molar-refractivity contribution is 6.39. The van der Waals surface area contributed by atoms with Gasteiger partial charge in [0.1, 0.15) is 9.52 Å². The highest BCUT2D eigenvalue weighted by Crippen LogP contribution is 2.26. The van der Waals surface area contributed by atoms with Gasteiger partial charge in [0.25, 0.3) is 0 Å². The van der Waals surface area contributed by atoms with E-state index in [0.717, 1.165) is 31.9 Å². The van der Waals surface area contributed by atoms with Gasteiger partial charge in [0.05, 0.1) is 6.61 Å². The molecule has 0 aromatic heterocycles. The van der Waals surface area contributed by atoms with Crippen molar-refractivity contribution in [1.29, 1.82) is 0 Å². The Bertz CT molecular complexity index is 204. The zero-order valence-electron chi connectivity index (χ0n) is 8.75. The third-order valence-electron chi connectivity index (χ3n) is 2.40. The molecule has 0 radical (unpaired) electrons. The van der Waals surface area contributed by atoms with E-state index >= 15 is 0 Å². The molecule has 1 rings (SSSR count). The van der Waals surface area contributed by atoms with Gasteiger partial charge in [-0.15, -0.1) is 0 Å². The first-order valence-electron chi connectivity index (χ1n) is 5.22. The van der Waals surface area contributed by atoms with Gasteiger partial charge in [0.2, 0.25) is 0 Å². The maximum atomic E-state index is 11.2. The van der Waals surface area contributed by atoms with Crippen molar-refractivity contribution >= 4 is 15.5 Å². The molecule has 0 saturated carbocycles. The number of hydrogen-bond donors (Lipinski definition) is 0. The van der Waals surface area contributed by atoms with Crippen LogP contribution in [0.5, 0.6) is 0 Å². The Morgan fingerprint density at radius 2 is 2.50 bits per heavy atom. The van der Waals surface area contributed by atoms with Crippen molar-refractivity contribution in [2.75, 3.05) is 6.61 Å². The van der Waals surface area contributed by atoms with Gasteiger partial charge in [-0.05, 0) is 12.8 Å². The van der Waals surface area contributed by atoms with Gasteiger partial charge in [0, 0.05) is 12.5 Å². The number of carbonyl (C=O) groups is 1. The first kappa shape index (κ1) is 11.5. The molecule has 1 fully saturated rings. The van der Waals surface area contributed by atoms with Gasteiger partial charge >= 0.3 is 5.97 Å². The molecule has 1 aliphatic heterocycles. The predicted molar refractivity (Wildman–Crippen MR) is 57.8 cm³/mol. The zero-order valence-corrected chi connectivity index (χ0v) is 10.2. The lowest BCUT2D eigenvalue weighted by atomic mass is 10.2. The fourth-order valence-corrected chi connectivity index (χ4v) is 3.56. The van der Waals surface area contributed by atoms with Gasteiger partial charge in [-0.3, -0.25) is 0 Å². The quantitative estimate of drug-likeness (QED) is 0.400. The van der Waals surface area contributed by atoms with Gasteiger partial charge in [-0.1, -0.05) is 19.5 Å². The standard InChI is InChI=1S/C10H18O3Si/c1-3-9(11)13-10(14-4-2)7-5-6-8-12-10/h3H,1,4-8,14H2,2H3. The largest absolute Gasteiger partial charge is 0.435 e. The molecule has 0 aromatic carbocycles. The summed E-state index contributed by atoms with van der Waals surface area (Å²) in [4.78, 5) is 11.2. The number of ether oxygens (including phenoxy) is 2. The van der Waals surface area contributed by atoms with Gasteiger partial charge in [-0.2, -0.15) is 0 Å². The fraction of sp³-hybridized carbons (Fsp3) is 0.700. The van der Waals surface area contributed by atoms with Crippen molar-refractivity contribution in [2.45, 2.75) is 37.6 Å². The molecular weight excluding hydrogens is 196 g/mol. The summed E-state index contributed by atoms with van der Waals surface area (Å²) in [6, 6.07) is 1.09. The van der Waals surface area contributed by atoms with E-state index in [0.29, 0.717) is 0 Å². The molecule has 0 amide bonds. The Hall–Kier alpha value is -0.613. The van der Waals surface area contributed by atoms with Crippen LogP contribution in [-0.2, 0) is 14.3 Å². The van der Waals surface area contributed by atoms with Gasteiger partial charge in [0.15, 0.2) is 5.41 Å². The van der Waals surface area contributed by atoms with Crippen molar-refractivity contribution in [3.8, 4) is 0 Å². The zero-order chi connectivity index (χ0) is 10.4. The highest BCUT2D eigenvalue weighted by Gasteiger charge is 2.35. The highest BCUT2D eigenvalue weighted by atomic mass is 28.2. The van der Waals surface area contributed by atoms with E-state index in [-0.39, 0.29) is 5.97 Å². The monoisotopic (exact) mass is 214 g/mol. The van der Waals surface area contributed by atoms with Crippen molar-refractivity contribution in [3.05, 3.63) is 12.7 Å². The summed E-state index contributed by atoms with van der Waals surface area (Å²) >= 11 is 0. The van der Waals surface area contributed by atoms with Gasteiger partial charge < -0.3 is 9.47 Å².